The standard InChI is InChI=1S/C29H36F2N2O3/c1-2-18-9-10-20-5-3-7-25(24(20)13-18)32-17-28(35)26(14-19-11-22(30)16-23(31)12-19)33-29(36)15-21-6-4-8-27(21)34/h9-13,16,21,25-26,28,32,35H,2-8,14-15,17H2,1H3,(H,33,36)/t21?,25-,26-,28+/m0/s1. The van der Waals surface area contributed by atoms with Crippen LogP contribution >= 0.6 is 0 Å². The zero-order valence-corrected chi connectivity index (χ0v) is 20.9. The first kappa shape index (κ1) is 26.4. The molecule has 0 saturated heterocycles. The molecule has 1 fully saturated rings. The first-order valence-corrected chi connectivity index (χ1v) is 13.1. The van der Waals surface area contributed by atoms with Crippen LogP contribution in [0.3, 0.4) is 0 Å². The van der Waals surface area contributed by atoms with Crippen LogP contribution in [0.4, 0.5) is 8.78 Å². The maximum Gasteiger partial charge on any atom is 0.221 e. The number of aliphatic hydroxyl groups excluding tert-OH is 1. The molecule has 2 aliphatic rings. The fraction of sp³-hybridized carbons (Fsp3) is 0.517. The molecule has 4 atom stereocenters. The molecule has 0 heterocycles. The summed E-state index contributed by atoms with van der Waals surface area (Å²) in [5.74, 6) is -1.93. The van der Waals surface area contributed by atoms with E-state index in [1.807, 2.05) is 0 Å². The molecule has 0 aromatic heterocycles. The van der Waals surface area contributed by atoms with Crippen molar-refractivity contribution in [2.45, 2.75) is 82.9 Å². The van der Waals surface area contributed by atoms with Gasteiger partial charge in [0.15, 0.2) is 0 Å². The van der Waals surface area contributed by atoms with Gasteiger partial charge in [-0.15, -0.1) is 0 Å². The second-order valence-corrected chi connectivity index (χ2v) is 10.2. The molecule has 4 rings (SSSR count). The highest BCUT2D eigenvalue weighted by atomic mass is 19.1. The minimum atomic E-state index is -0.987. The van der Waals surface area contributed by atoms with Gasteiger partial charge < -0.3 is 15.7 Å². The van der Waals surface area contributed by atoms with Crippen molar-refractivity contribution in [3.63, 3.8) is 0 Å². The molecule has 7 heteroatoms. The highest BCUT2D eigenvalue weighted by molar-refractivity contribution is 5.88. The maximum atomic E-state index is 13.8. The number of ketones is 1. The Hall–Kier alpha value is -2.64. The lowest BCUT2D eigenvalue weighted by atomic mass is 9.86. The zero-order chi connectivity index (χ0) is 25.7. The van der Waals surface area contributed by atoms with Gasteiger partial charge in [-0.05, 0) is 79.3 Å². The number of halogens is 2. The lowest BCUT2D eigenvalue weighted by molar-refractivity contribution is -0.128. The van der Waals surface area contributed by atoms with E-state index in [-0.39, 0.29) is 43.0 Å². The van der Waals surface area contributed by atoms with Gasteiger partial charge in [0.25, 0.3) is 0 Å². The minimum Gasteiger partial charge on any atom is -0.390 e. The predicted octanol–water partition coefficient (Wildman–Crippen LogP) is 4.34. The van der Waals surface area contributed by atoms with Crippen LogP contribution in [0.25, 0.3) is 0 Å². The van der Waals surface area contributed by atoms with Crippen molar-refractivity contribution in [2.75, 3.05) is 6.54 Å². The van der Waals surface area contributed by atoms with Crippen molar-refractivity contribution in [3.8, 4) is 0 Å². The molecular formula is C29H36F2N2O3. The van der Waals surface area contributed by atoms with Crippen molar-refractivity contribution in [1.29, 1.82) is 0 Å². The Morgan fingerprint density at radius 1 is 1.06 bits per heavy atom. The van der Waals surface area contributed by atoms with Gasteiger partial charge in [0, 0.05) is 37.4 Å². The molecule has 0 aliphatic heterocycles. The zero-order valence-electron chi connectivity index (χ0n) is 20.9. The van der Waals surface area contributed by atoms with Gasteiger partial charge in [0.2, 0.25) is 5.91 Å². The van der Waals surface area contributed by atoms with Crippen LogP contribution in [-0.4, -0.2) is 35.5 Å². The van der Waals surface area contributed by atoms with Crippen LogP contribution in [0.15, 0.2) is 36.4 Å². The fourth-order valence-electron chi connectivity index (χ4n) is 5.54. The Morgan fingerprint density at radius 2 is 1.81 bits per heavy atom. The lowest BCUT2D eigenvalue weighted by Crippen LogP contribution is -2.49. The number of carbonyl (C=O) groups is 2. The average Bonchev–Trinajstić information content (AvgIpc) is 3.25. The summed E-state index contributed by atoms with van der Waals surface area (Å²) in [5.41, 5.74) is 4.18. The van der Waals surface area contributed by atoms with Crippen LogP contribution < -0.4 is 10.6 Å². The molecule has 1 amide bonds. The summed E-state index contributed by atoms with van der Waals surface area (Å²) < 4.78 is 27.6. The van der Waals surface area contributed by atoms with Crippen molar-refractivity contribution < 1.29 is 23.5 Å². The summed E-state index contributed by atoms with van der Waals surface area (Å²) in [5, 5.41) is 17.4. The number of amides is 1. The van der Waals surface area contributed by atoms with E-state index in [2.05, 4.69) is 35.8 Å². The number of carbonyl (C=O) groups excluding carboxylic acids is 2. The monoisotopic (exact) mass is 498 g/mol. The van der Waals surface area contributed by atoms with E-state index in [4.69, 9.17) is 0 Å². The number of aliphatic hydroxyl groups is 1. The number of hydrogen-bond donors (Lipinski definition) is 3. The summed E-state index contributed by atoms with van der Waals surface area (Å²) >= 11 is 0. The molecule has 3 N–H and O–H groups in total. The molecule has 36 heavy (non-hydrogen) atoms. The number of fused-ring (bicyclic) bond motifs is 1. The van der Waals surface area contributed by atoms with Gasteiger partial charge in [-0.25, -0.2) is 8.78 Å². The summed E-state index contributed by atoms with van der Waals surface area (Å²) in [7, 11) is 0. The number of hydrogen-bond acceptors (Lipinski definition) is 4. The third-order valence-corrected chi connectivity index (χ3v) is 7.56. The highest BCUT2D eigenvalue weighted by Crippen LogP contribution is 2.31. The number of aryl methyl sites for hydroxylation is 2. The Morgan fingerprint density at radius 3 is 2.50 bits per heavy atom. The normalized spacial score (nSPS) is 21.2. The van der Waals surface area contributed by atoms with Crippen LogP contribution in [0.2, 0.25) is 0 Å². The smallest absolute Gasteiger partial charge is 0.221 e. The van der Waals surface area contributed by atoms with Crippen molar-refractivity contribution >= 4 is 11.7 Å². The van der Waals surface area contributed by atoms with Gasteiger partial charge in [-0.1, -0.05) is 25.1 Å². The number of nitrogens with one attached hydrogen (secondary N) is 2. The van der Waals surface area contributed by atoms with Gasteiger partial charge >= 0.3 is 0 Å². The molecule has 0 bridgehead atoms. The van der Waals surface area contributed by atoms with Crippen molar-refractivity contribution in [1.82, 2.24) is 10.6 Å². The second kappa shape index (κ2) is 12.1. The van der Waals surface area contributed by atoms with Crippen molar-refractivity contribution in [2.24, 2.45) is 5.92 Å². The molecule has 1 saturated carbocycles. The largest absolute Gasteiger partial charge is 0.390 e. The Balaban J connectivity index is 1.45. The van der Waals surface area contributed by atoms with E-state index in [0.29, 0.717) is 18.4 Å². The number of rotatable bonds is 10. The molecule has 0 radical (unpaired) electrons. The lowest BCUT2D eigenvalue weighted by Gasteiger charge is -2.30. The third-order valence-electron chi connectivity index (χ3n) is 7.56. The Bertz CT molecular complexity index is 1070. The molecule has 5 nitrogen and oxygen atoms in total. The highest BCUT2D eigenvalue weighted by Gasteiger charge is 2.30. The Labute approximate surface area is 211 Å². The number of benzene rings is 2. The van der Waals surface area contributed by atoms with E-state index < -0.39 is 23.8 Å². The molecule has 1 unspecified atom stereocenters. The average molecular weight is 499 g/mol. The topological polar surface area (TPSA) is 78.4 Å². The first-order valence-electron chi connectivity index (χ1n) is 13.1. The SMILES string of the molecule is CCc1ccc2c(c1)[C@@H](NC[C@@H](O)[C@H](Cc1cc(F)cc(F)c1)NC(=O)CC1CCCC1=O)CCC2. The van der Waals surface area contributed by atoms with Crippen LogP contribution in [0.1, 0.15) is 73.7 Å². The van der Waals surface area contributed by atoms with Gasteiger partial charge in [-0.2, -0.15) is 0 Å². The molecule has 194 valence electrons. The van der Waals surface area contributed by atoms with Crippen LogP contribution in [0, 0.1) is 17.6 Å². The summed E-state index contributed by atoms with van der Waals surface area (Å²) in [6, 6.07) is 9.14. The van der Waals surface area contributed by atoms with E-state index in [1.54, 1.807) is 0 Å². The van der Waals surface area contributed by atoms with Crippen molar-refractivity contribution in [3.05, 3.63) is 70.3 Å². The quantitative estimate of drug-likeness (QED) is 0.455. The minimum absolute atomic E-state index is 0.0722. The summed E-state index contributed by atoms with van der Waals surface area (Å²) in [4.78, 5) is 24.8. The second-order valence-electron chi connectivity index (χ2n) is 10.2. The molecule has 2 aromatic carbocycles. The summed E-state index contributed by atoms with van der Waals surface area (Å²) in [6.45, 7) is 2.34. The van der Waals surface area contributed by atoms with Crippen LogP contribution in [0.5, 0.6) is 0 Å². The first-order chi connectivity index (χ1) is 17.3. The third kappa shape index (κ3) is 6.77. The van der Waals surface area contributed by atoms with E-state index >= 15 is 0 Å². The molecule has 2 aliphatic carbocycles. The van der Waals surface area contributed by atoms with E-state index in [9.17, 15) is 23.5 Å². The molecule has 0 spiro atoms. The van der Waals surface area contributed by atoms with E-state index in [1.165, 1.54) is 28.8 Å². The molecule has 2 aromatic rings. The fourth-order valence-corrected chi connectivity index (χ4v) is 5.54. The van der Waals surface area contributed by atoms with Gasteiger partial charge in [0.1, 0.15) is 17.4 Å². The molecular weight excluding hydrogens is 462 g/mol. The van der Waals surface area contributed by atoms with E-state index in [0.717, 1.165) is 38.2 Å². The maximum absolute atomic E-state index is 13.8. The number of Topliss-reactive ketones (excluding diaryl/α,β-unsaturated/α-hetero) is 1. The Kier molecular flexibility index (Phi) is 8.86. The predicted molar refractivity (Wildman–Crippen MR) is 134 cm³/mol. The van der Waals surface area contributed by atoms with Gasteiger partial charge in [0.05, 0.1) is 12.1 Å². The summed E-state index contributed by atoms with van der Waals surface area (Å²) in [6.07, 6.45) is 5.11. The van der Waals surface area contributed by atoms with Gasteiger partial charge in [-0.3, -0.25) is 9.59 Å². The van der Waals surface area contributed by atoms with Crippen LogP contribution in [-0.2, 0) is 28.9 Å².